The summed E-state index contributed by atoms with van der Waals surface area (Å²) < 4.78 is 25.7. The fourth-order valence-corrected chi connectivity index (χ4v) is 3.74. The van der Waals surface area contributed by atoms with E-state index in [2.05, 4.69) is 25.9 Å². The molecule has 4 aromatic rings. The summed E-state index contributed by atoms with van der Waals surface area (Å²) in [6, 6.07) is 10.2. The molecule has 0 radical (unpaired) electrons. The summed E-state index contributed by atoms with van der Waals surface area (Å²) in [6.45, 7) is -0.529. The van der Waals surface area contributed by atoms with Crippen LogP contribution in [0, 0.1) is 11.2 Å². The molecule has 4 rings (SSSR count). The summed E-state index contributed by atoms with van der Waals surface area (Å²) in [6.07, 6.45) is 0. The number of anilines is 2. The molecule has 0 unspecified atom stereocenters. The number of rotatable bonds is 11. The molecule has 20 heteroatoms. The smallest absolute Gasteiger partial charge is 0.337 e. The van der Waals surface area contributed by atoms with Gasteiger partial charge in [-0.3, -0.25) is 15.0 Å². The van der Waals surface area contributed by atoms with Gasteiger partial charge in [0.2, 0.25) is 0 Å². The predicted octanol–water partition coefficient (Wildman–Crippen LogP) is -0.741. The molecule has 0 spiro atoms. The van der Waals surface area contributed by atoms with Crippen molar-refractivity contribution in [2.75, 3.05) is 35.5 Å². The Morgan fingerprint density at radius 2 is 1.41 bits per heavy atom. The van der Waals surface area contributed by atoms with Crippen LogP contribution < -0.4 is 48.6 Å². The number of amides is 2. The van der Waals surface area contributed by atoms with Crippen molar-refractivity contribution in [3.63, 3.8) is 0 Å². The number of aromatic nitrogens is 4. The number of aromatic carboxylic acids is 2. The molecular weight excluding hydrogens is 613 g/mol. The number of nitrogens with zero attached hydrogens (tertiary/aromatic N) is 5. The number of nitrogens with two attached hydrogens (primary N) is 3. The molecule has 0 bridgehead atoms. The fourth-order valence-electron chi connectivity index (χ4n) is 3.74. The fraction of sp³-hybridized carbons (Fsp3) is 0.0769. The van der Waals surface area contributed by atoms with Gasteiger partial charge in [0.25, 0.3) is 11.8 Å². The van der Waals surface area contributed by atoms with Gasteiger partial charge in [-0.2, -0.15) is 14.7 Å². The van der Waals surface area contributed by atoms with E-state index in [0.717, 1.165) is 16.9 Å². The maximum atomic E-state index is 14.8. The van der Waals surface area contributed by atoms with Crippen molar-refractivity contribution in [2.24, 2.45) is 10.9 Å². The Hall–Kier alpha value is -6.99. The summed E-state index contributed by atoms with van der Waals surface area (Å²) in [4.78, 5) is 50.1. The van der Waals surface area contributed by atoms with Crippen LogP contribution >= 0.6 is 0 Å². The van der Waals surface area contributed by atoms with Crippen molar-refractivity contribution >= 4 is 35.1 Å². The van der Waals surface area contributed by atoms with Gasteiger partial charge < -0.3 is 47.8 Å². The summed E-state index contributed by atoms with van der Waals surface area (Å²) in [5, 5.41) is 42.1. The average molecular weight is 638 g/mol. The first kappa shape index (κ1) is 31.9. The zero-order valence-electron chi connectivity index (χ0n) is 23.3. The van der Waals surface area contributed by atoms with Crippen molar-refractivity contribution in [1.29, 1.82) is 5.41 Å². The number of hydrogen-bond acceptors (Lipinski definition) is 13. The Balaban J connectivity index is 1.43. The van der Waals surface area contributed by atoms with Gasteiger partial charge in [-0.25, -0.2) is 14.0 Å². The lowest BCUT2D eigenvalue weighted by Crippen LogP contribution is -2.33. The number of halogens is 1. The molecular formula is C26H24FN11O8. The van der Waals surface area contributed by atoms with Gasteiger partial charge >= 0.3 is 11.9 Å². The number of ether oxygens (including phenoxy) is 2. The average Bonchev–Trinajstić information content (AvgIpc) is 3.01. The highest BCUT2D eigenvalue weighted by atomic mass is 19.1. The van der Waals surface area contributed by atoms with Crippen LogP contribution in [-0.2, 0) is 0 Å². The maximum absolute atomic E-state index is 14.8. The Bertz CT molecular complexity index is 1990. The Morgan fingerprint density at radius 3 is 2.00 bits per heavy atom. The first-order chi connectivity index (χ1) is 21.9. The van der Waals surface area contributed by atoms with E-state index in [1.807, 2.05) is 0 Å². The zero-order valence-corrected chi connectivity index (χ0v) is 23.3. The van der Waals surface area contributed by atoms with Crippen LogP contribution in [0.15, 0.2) is 59.7 Å². The number of hydrogen-bond donors (Lipinski definition) is 8. The molecule has 19 nitrogen and oxygen atoms in total. The molecule has 46 heavy (non-hydrogen) atoms. The molecule has 0 fully saturated rings. The van der Waals surface area contributed by atoms with Crippen LogP contribution in [-0.4, -0.2) is 67.0 Å². The van der Waals surface area contributed by atoms with Gasteiger partial charge in [-0.15, -0.1) is 10.2 Å². The van der Waals surface area contributed by atoms with Crippen LogP contribution in [0.1, 0.15) is 41.7 Å². The number of carboxylic acid groups (broad SMARTS) is 2. The van der Waals surface area contributed by atoms with Gasteiger partial charge in [-0.1, -0.05) is 0 Å². The molecule has 11 N–H and O–H groups in total. The second kappa shape index (κ2) is 13.5. The van der Waals surface area contributed by atoms with E-state index in [1.165, 1.54) is 42.5 Å². The van der Waals surface area contributed by atoms with E-state index in [4.69, 9.17) is 32.4 Å². The minimum Gasteiger partial charge on any atom is -0.490 e. The minimum atomic E-state index is -1.50. The molecule has 2 heterocycles. The van der Waals surface area contributed by atoms with Gasteiger partial charge in [0, 0.05) is 12.1 Å². The third-order valence-corrected chi connectivity index (χ3v) is 5.93. The second-order valence-corrected chi connectivity index (χ2v) is 8.95. The van der Waals surface area contributed by atoms with Crippen molar-refractivity contribution in [3.8, 4) is 11.5 Å². The number of benzene rings is 2. The zero-order chi connectivity index (χ0) is 33.5. The topological polar surface area (TPSA) is 301 Å². The Kier molecular flexibility index (Phi) is 9.40. The van der Waals surface area contributed by atoms with E-state index in [9.17, 15) is 33.8 Å². The maximum Gasteiger partial charge on any atom is 0.337 e. The number of nitrogens with one attached hydrogen (secondary N) is 3. The van der Waals surface area contributed by atoms with Crippen LogP contribution in [0.25, 0.3) is 0 Å². The molecule has 2 aromatic heterocycles. The van der Waals surface area contributed by atoms with Crippen molar-refractivity contribution in [3.05, 3.63) is 93.9 Å². The first-order valence-electron chi connectivity index (χ1n) is 12.7. The van der Waals surface area contributed by atoms with E-state index >= 15 is 0 Å². The van der Waals surface area contributed by atoms with Crippen molar-refractivity contribution in [1.82, 2.24) is 19.8 Å². The number of carbonyl (C=O) groups is 4. The van der Waals surface area contributed by atoms with Crippen LogP contribution in [0.3, 0.4) is 0 Å². The molecule has 0 aliphatic heterocycles. The monoisotopic (exact) mass is 637 g/mol. The van der Waals surface area contributed by atoms with Crippen molar-refractivity contribution in [2.45, 2.75) is 0 Å². The lowest BCUT2D eigenvalue weighted by atomic mass is 10.1. The first-order valence-corrected chi connectivity index (χ1v) is 12.7. The highest BCUT2D eigenvalue weighted by Gasteiger charge is 2.20. The Morgan fingerprint density at radius 1 is 0.826 bits per heavy atom. The van der Waals surface area contributed by atoms with Gasteiger partial charge in [0.15, 0.2) is 33.9 Å². The third kappa shape index (κ3) is 7.31. The second-order valence-electron chi connectivity index (χ2n) is 8.95. The molecule has 2 aromatic carbocycles. The molecule has 2 amide bonds. The molecule has 0 saturated heterocycles. The number of carbonyl (C=O) groups excluding carboxylic acids is 2. The van der Waals surface area contributed by atoms with Gasteiger partial charge in [0.05, 0.1) is 22.5 Å². The van der Waals surface area contributed by atoms with E-state index in [-0.39, 0.29) is 52.6 Å². The largest absolute Gasteiger partial charge is 0.490 e. The van der Waals surface area contributed by atoms with E-state index in [0.29, 0.717) is 4.79 Å². The van der Waals surface area contributed by atoms with Crippen LogP contribution in [0.2, 0.25) is 0 Å². The summed E-state index contributed by atoms with van der Waals surface area (Å²) in [5.74, 6) is 10.2. The predicted molar refractivity (Wildman–Crippen MR) is 154 cm³/mol. The van der Waals surface area contributed by atoms with E-state index < -0.39 is 46.6 Å². The highest BCUT2D eigenvalue weighted by Crippen LogP contribution is 2.27. The lowest BCUT2D eigenvalue weighted by Gasteiger charge is -2.14. The van der Waals surface area contributed by atoms with E-state index in [1.54, 1.807) is 0 Å². The number of carboxylic acids is 2. The molecule has 0 atom stereocenters. The molecule has 0 aliphatic carbocycles. The standard InChI is InChI=1S/C26H24FN11O8/c27-15-11-19(33-24(40)17-4-6-22(34-29)38(31)36-17)14(26(43)44)10-20(15)46-8-7-45-12-1-2-13(25(41)42)18(9-12)32-23(39)16-3-5-21(28)37(30)35-16/h1-6,9-11,28H,7-8,29-31H2,(H,32,39)(H,33,40)(H,41,42)(H,43,44)/b28-21?,34-22-. The van der Waals surface area contributed by atoms with Crippen LogP contribution in [0.4, 0.5) is 15.8 Å². The van der Waals surface area contributed by atoms with Crippen molar-refractivity contribution < 1.29 is 43.3 Å². The molecule has 238 valence electrons. The summed E-state index contributed by atoms with van der Waals surface area (Å²) >= 11 is 0. The minimum absolute atomic E-state index is 0.0408. The molecule has 0 saturated carbocycles. The summed E-state index contributed by atoms with van der Waals surface area (Å²) in [7, 11) is 0. The summed E-state index contributed by atoms with van der Waals surface area (Å²) in [5.41, 5.74) is -1.88. The Labute approximate surface area is 255 Å². The normalized spacial score (nSPS) is 11.0. The third-order valence-electron chi connectivity index (χ3n) is 5.93. The van der Waals surface area contributed by atoms with Crippen LogP contribution in [0.5, 0.6) is 11.5 Å². The van der Waals surface area contributed by atoms with Gasteiger partial charge in [-0.05, 0) is 42.5 Å². The SMILES string of the molecule is N=c1ccc(C(=O)Nc2cc(OCCOc3cc(C(=O)O)c(NC(=O)c4cc/c(=N/N)n(N)n4)cc3F)ccc2C(=O)O)nn1N. The number of nitrogen functional groups attached to an aromatic ring is 2. The van der Waals surface area contributed by atoms with Gasteiger partial charge in [0.1, 0.15) is 19.0 Å². The highest BCUT2D eigenvalue weighted by molar-refractivity contribution is 6.07. The molecule has 0 aliphatic rings. The quantitative estimate of drug-likeness (QED) is 0.0571. The lowest BCUT2D eigenvalue weighted by molar-refractivity contribution is 0.0686.